The number of aromatic nitrogens is 6. The first kappa shape index (κ1) is 15.9. The summed E-state index contributed by atoms with van der Waals surface area (Å²) in [4.78, 5) is 17.1. The first-order valence-electron chi connectivity index (χ1n) is 8.28. The SMILES string of the molecule is O=C(NCCn1cnc2ccccc21)C(c1ccccc1)n1cnnn1. The summed E-state index contributed by atoms with van der Waals surface area (Å²) in [5.41, 5.74) is 2.81. The summed E-state index contributed by atoms with van der Waals surface area (Å²) in [5.74, 6) is -0.159. The number of hydrogen-bond acceptors (Lipinski definition) is 5. The topological polar surface area (TPSA) is 90.5 Å². The van der Waals surface area contributed by atoms with Crippen molar-refractivity contribution < 1.29 is 4.79 Å². The number of para-hydroxylation sites is 2. The zero-order chi connectivity index (χ0) is 17.8. The molecule has 0 aliphatic carbocycles. The molecule has 1 atom stereocenters. The Bertz CT molecular complexity index is 995. The molecule has 4 rings (SSSR count). The zero-order valence-electron chi connectivity index (χ0n) is 13.9. The fourth-order valence-corrected chi connectivity index (χ4v) is 2.93. The van der Waals surface area contributed by atoms with E-state index in [1.165, 1.54) is 11.0 Å². The molecule has 0 aliphatic heterocycles. The van der Waals surface area contributed by atoms with Crippen LogP contribution in [0.5, 0.6) is 0 Å². The average molecular weight is 347 g/mol. The maximum absolute atomic E-state index is 12.8. The van der Waals surface area contributed by atoms with Crippen molar-refractivity contribution >= 4 is 16.9 Å². The van der Waals surface area contributed by atoms with Crippen molar-refractivity contribution in [2.45, 2.75) is 12.6 Å². The number of nitrogens with zero attached hydrogens (tertiary/aromatic N) is 6. The predicted molar refractivity (Wildman–Crippen MR) is 95.1 cm³/mol. The number of fused-ring (bicyclic) bond motifs is 1. The molecule has 2 heterocycles. The number of imidazole rings is 1. The van der Waals surface area contributed by atoms with Crippen LogP contribution >= 0.6 is 0 Å². The summed E-state index contributed by atoms with van der Waals surface area (Å²) in [5, 5.41) is 14.2. The molecule has 0 bridgehead atoms. The van der Waals surface area contributed by atoms with E-state index in [9.17, 15) is 4.79 Å². The van der Waals surface area contributed by atoms with Gasteiger partial charge in [-0.1, -0.05) is 42.5 Å². The molecule has 130 valence electrons. The van der Waals surface area contributed by atoms with Crippen LogP contribution in [0.4, 0.5) is 0 Å². The Morgan fingerprint density at radius 2 is 1.85 bits per heavy atom. The molecule has 8 nitrogen and oxygen atoms in total. The Kier molecular flexibility index (Phi) is 4.38. The first-order valence-corrected chi connectivity index (χ1v) is 8.28. The van der Waals surface area contributed by atoms with Crippen molar-refractivity contribution in [1.29, 1.82) is 0 Å². The second kappa shape index (κ2) is 7.14. The van der Waals surface area contributed by atoms with Crippen molar-refractivity contribution in [3.63, 3.8) is 0 Å². The smallest absolute Gasteiger partial charge is 0.249 e. The van der Waals surface area contributed by atoms with Crippen molar-refractivity contribution in [2.75, 3.05) is 6.54 Å². The number of carbonyl (C=O) groups is 1. The van der Waals surface area contributed by atoms with Crippen molar-refractivity contribution in [3.05, 3.63) is 72.8 Å². The lowest BCUT2D eigenvalue weighted by Gasteiger charge is -2.16. The second-order valence-electron chi connectivity index (χ2n) is 5.82. The number of nitrogens with one attached hydrogen (secondary N) is 1. The van der Waals surface area contributed by atoms with Gasteiger partial charge in [0, 0.05) is 13.1 Å². The molecular formula is C18H17N7O. The van der Waals surface area contributed by atoms with Crippen LogP contribution in [0.1, 0.15) is 11.6 Å². The van der Waals surface area contributed by atoms with Gasteiger partial charge in [-0.25, -0.2) is 9.67 Å². The Balaban J connectivity index is 1.47. The molecule has 1 unspecified atom stereocenters. The van der Waals surface area contributed by atoms with Crippen molar-refractivity contribution in [3.8, 4) is 0 Å². The van der Waals surface area contributed by atoms with Gasteiger partial charge in [-0.05, 0) is 28.1 Å². The third-order valence-corrected chi connectivity index (χ3v) is 4.17. The van der Waals surface area contributed by atoms with E-state index in [-0.39, 0.29) is 5.91 Å². The average Bonchev–Trinajstić information content (AvgIpc) is 3.34. The number of benzene rings is 2. The molecule has 2 aromatic heterocycles. The summed E-state index contributed by atoms with van der Waals surface area (Å²) in [7, 11) is 0. The van der Waals surface area contributed by atoms with Gasteiger partial charge < -0.3 is 9.88 Å². The molecule has 0 fully saturated rings. The summed E-state index contributed by atoms with van der Waals surface area (Å²) in [6, 6.07) is 16.7. The maximum Gasteiger partial charge on any atom is 0.249 e. The summed E-state index contributed by atoms with van der Waals surface area (Å²) in [6.45, 7) is 1.11. The normalized spacial score (nSPS) is 12.2. The molecule has 1 N–H and O–H groups in total. The second-order valence-corrected chi connectivity index (χ2v) is 5.82. The van der Waals surface area contributed by atoms with Gasteiger partial charge >= 0.3 is 0 Å². The van der Waals surface area contributed by atoms with E-state index in [2.05, 4.69) is 25.8 Å². The lowest BCUT2D eigenvalue weighted by atomic mass is 10.1. The van der Waals surface area contributed by atoms with Crippen LogP contribution in [-0.2, 0) is 11.3 Å². The third-order valence-electron chi connectivity index (χ3n) is 4.17. The van der Waals surface area contributed by atoms with Crippen LogP contribution in [0, 0.1) is 0 Å². The van der Waals surface area contributed by atoms with Gasteiger partial charge in [0.2, 0.25) is 5.91 Å². The van der Waals surface area contributed by atoms with E-state index < -0.39 is 6.04 Å². The van der Waals surface area contributed by atoms with E-state index in [4.69, 9.17) is 0 Å². The van der Waals surface area contributed by atoms with Crippen LogP contribution in [0.15, 0.2) is 67.3 Å². The van der Waals surface area contributed by atoms with Crippen LogP contribution in [0.25, 0.3) is 11.0 Å². The fraction of sp³-hybridized carbons (Fsp3) is 0.167. The molecule has 4 aromatic rings. The van der Waals surface area contributed by atoms with Crippen molar-refractivity contribution in [1.82, 2.24) is 35.1 Å². The minimum atomic E-state index is -0.606. The highest BCUT2D eigenvalue weighted by Gasteiger charge is 2.23. The summed E-state index contributed by atoms with van der Waals surface area (Å²) < 4.78 is 3.47. The molecule has 0 spiro atoms. The molecule has 0 saturated carbocycles. The van der Waals surface area contributed by atoms with E-state index in [0.717, 1.165) is 16.6 Å². The minimum Gasteiger partial charge on any atom is -0.352 e. The maximum atomic E-state index is 12.8. The number of tetrazole rings is 1. The highest BCUT2D eigenvalue weighted by Crippen LogP contribution is 2.17. The summed E-state index contributed by atoms with van der Waals surface area (Å²) in [6.07, 6.45) is 3.23. The van der Waals surface area contributed by atoms with E-state index in [1.807, 2.05) is 59.2 Å². The standard InChI is InChI=1S/C18H17N7O/c26-18(17(25-13-21-22-23-25)14-6-2-1-3-7-14)19-10-11-24-12-20-15-8-4-5-9-16(15)24/h1-9,12-13,17H,10-11H2,(H,19,26). The van der Waals surface area contributed by atoms with E-state index >= 15 is 0 Å². The largest absolute Gasteiger partial charge is 0.352 e. The van der Waals surface area contributed by atoms with Gasteiger partial charge in [0.25, 0.3) is 0 Å². The van der Waals surface area contributed by atoms with Gasteiger partial charge in [-0.3, -0.25) is 4.79 Å². The van der Waals surface area contributed by atoms with Gasteiger partial charge in [-0.2, -0.15) is 0 Å². The number of hydrogen-bond donors (Lipinski definition) is 1. The van der Waals surface area contributed by atoms with Gasteiger partial charge in [-0.15, -0.1) is 5.10 Å². The van der Waals surface area contributed by atoms with E-state index in [0.29, 0.717) is 13.1 Å². The Hall–Kier alpha value is -3.55. The Morgan fingerprint density at radius 3 is 2.65 bits per heavy atom. The van der Waals surface area contributed by atoms with Crippen LogP contribution < -0.4 is 5.32 Å². The monoisotopic (exact) mass is 347 g/mol. The molecular weight excluding hydrogens is 330 g/mol. The number of carbonyl (C=O) groups excluding carboxylic acids is 1. The van der Waals surface area contributed by atoms with Gasteiger partial charge in [0.1, 0.15) is 6.33 Å². The van der Waals surface area contributed by atoms with Crippen LogP contribution in [-0.4, -0.2) is 42.2 Å². The predicted octanol–water partition coefficient (Wildman–Crippen LogP) is 1.43. The molecule has 0 radical (unpaired) electrons. The molecule has 0 saturated heterocycles. The quantitative estimate of drug-likeness (QED) is 0.570. The van der Waals surface area contributed by atoms with Gasteiger partial charge in [0.15, 0.2) is 6.04 Å². The highest BCUT2D eigenvalue weighted by atomic mass is 16.2. The number of amides is 1. The molecule has 2 aromatic carbocycles. The summed E-state index contributed by atoms with van der Waals surface area (Å²) >= 11 is 0. The molecule has 0 aliphatic rings. The van der Waals surface area contributed by atoms with E-state index in [1.54, 1.807) is 6.33 Å². The Labute approximate surface area is 149 Å². The van der Waals surface area contributed by atoms with Crippen LogP contribution in [0.3, 0.4) is 0 Å². The molecule has 1 amide bonds. The van der Waals surface area contributed by atoms with Crippen LogP contribution in [0.2, 0.25) is 0 Å². The lowest BCUT2D eigenvalue weighted by Crippen LogP contribution is -2.35. The van der Waals surface area contributed by atoms with Crippen molar-refractivity contribution in [2.24, 2.45) is 0 Å². The third kappa shape index (κ3) is 3.16. The first-order chi connectivity index (χ1) is 12.8. The lowest BCUT2D eigenvalue weighted by molar-refractivity contribution is -0.123. The zero-order valence-corrected chi connectivity index (χ0v) is 13.9. The van der Waals surface area contributed by atoms with Gasteiger partial charge in [0.05, 0.1) is 17.4 Å². The fourth-order valence-electron chi connectivity index (χ4n) is 2.93. The molecule has 26 heavy (non-hydrogen) atoms. The number of rotatable bonds is 6. The Morgan fingerprint density at radius 1 is 1.04 bits per heavy atom. The highest BCUT2D eigenvalue weighted by molar-refractivity contribution is 5.83. The molecule has 8 heteroatoms. The minimum absolute atomic E-state index is 0.159.